The molecule has 2 aromatic carbocycles. The summed E-state index contributed by atoms with van der Waals surface area (Å²) in [6, 6.07) is 13.9. The van der Waals surface area contributed by atoms with Crippen LogP contribution in [-0.4, -0.2) is 38.6 Å². The minimum Gasteiger partial charge on any atom is -0.492 e. The van der Waals surface area contributed by atoms with Gasteiger partial charge in [-0.25, -0.2) is 4.39 Å². The number of anilines is 1. The van der Waals surface area contributed by atoms with Crippen molar-refractivity contribution in [3.05, 3.63) is 59.9 Å². The summed E-state index contributed by atoms with van der Waals surface area (Å²) < 4.78 is 18.6. The van der Waals surface area contributed by atoms with Gasteiger partial charge < -0.3 is 20.7 Å². The Labute approximate surface area is 181 Å². The highest BCUT2D eigenvalue weighted by molar-refractivity contribution is 14.0. The lowest BCUT2D eigenvalue weighted by molar-refractivity contribution is -0.116. The van der Waals surface area contributed by atoms with Crippen molar-refractivity contribution in [3.8, 4) is 5.75 Å². The Kier molecular flexibility index (Phi) is 8.49. The van der Waals surface area contributed by atoms with Gasteiger partial charge in [-0.05, 0) is 23.8 Å². The van der Waals surface area contributed by atoms with Crippen LogP contribution in [0, 0.1) is 5.82 Å². The van der Waals surface area contributed by atoms with Crippen molar-refractivity contribution in [1.29, 1.82) is 0 Å². The molecule has 150 valence electrons. The molecule has 0 spiro atoms. The minimum atomic E-state index is -0.324. The Balaban J connectivity index is 0.00000280. The van der Waals surface area contributed by atoms with Crippen LogP contribution in [0.4, 0.5) is 10.1 Å². The molecule has 3 N–H and O–H groups in total. The molecule has 0 aromatic heterocycles. The molecule has 3 rings (SSSR count). The lowest BCUT2D eigenvalue weighted by atomic mass is 9.90. The second kappa shape index (κ2) is 10.8. The number of carbonyl (C=O) groups is 1. The maximum atomic E-state index is 13.1. The highest BCUT2D eigenvalue weighted by Crippen LogP contribution is 2.31. The molecule has 28 heavy (non-hydrogen) atoms. The standard InChI is InChI=1S/C20H23FN4O2.HI/c1-22-20(23-9-10-27-16-6-4-5-15(21)12-16)24-13-14-11-19(26)25-18-8-3-2-7-17(14)18;/h2-8,12,14H,9-11,13H2,1H3,(H,25,26)(H2,22,23,24);1H. The summed E-state index contributed by atoms with van der Waals surface area (Å²) >= 11 is 0. The van der Waals surface area contributed by atoms with Gasteiger partial charge in [-0.15, -0.1) is 24.0 Å². The topological polar surface area (TPSA) is 74.8 Å². The molecule has 1 amide bonds. The second-order valence-corrected chi connectivity index (χ2v) is 6.22. The molecular formula is C20H24FIN4O2. The zero-order chi connectivity index (χ0) is 19.1. The van der Waals surface area contributed by atoms with Crippen LogP contribution in [0.3, 0.4) is 0 Å². The van der Waals surface area contributed by atoms with E-state index in [0.717, 1.165) is 11.3 Å². The molecule has 1 heterocycles. The average Bonchev–Trinajstić information content (AvgIpc) is 2.67. The van der Waals surface area contributed by atoms with E-state index in [0.29, 0.717) is 37.8 Å². The average molecular weight is 498 g/mol. The Bertz CT molecular complexity index is 831. The molecule has 0 fully saturated rings. The molecule has 0 saturated carbocycles. The normalized spacial score (nSPS) is 15.7. The minimum absolute atomic E-state index is 0. The van der Waals surface area contributed by atoms with Gasteiger partial charge in [0.1, 0.15) is 18.2 Å². The van der Waals surface area contributed by atoms with Crippen molar-refractivity contribution >= 4 is 41.5 Å². The van der Waals surface area contributed by atoms with Crippen LogP contribution >= 0.6 is 24.0 Å². The zero-order valence-electron chi connectivity index (χ0n) is 15.6. The first-order chi connectivity index (χ1) is 13.2. The van der Waals surface area contributed by atoms with E-state index in [4.69, 9.17) is 4.74 Å². The third kappa shape index (κ3) is 6.08. The lowest BCUT2D eigenvalue weighted by Crippen LogP contribution is -2.42. The Morgan fingerprint density at radius 3 is 2.86 bits per heavy atom. The summed E-state index contributed by atoms with van der Waals surface area (Å²) in [7, 11) is 1.68. The maximum Gasteiger partial charge on any atom is 0.225 e. The van der Waals surface area contributed by atoms with Gasteiger partial charge in [-0.3, -0.25) is 9.79 Å². The van der Waals surface area contributed by atoms with E-state index in [1.54, 1.807) is 19.2 Å². The molecule has 0 radical (unpaired) electrons. The van der Waals surface area contributed by atoms with Crippen LogP contribution < -0.4 is 20.7 Å². The van der Waals surface area contributed by atoms with Gasteiger partial charge in [0.2, 0.25) is 5.91 Å². The van der Waals surface area contributed by atoms with Crippen molar-refractivity contribution in [2.24, 2.45) is 4.99 Å². The summed E-state index contributed by atoms with van der Waals surface area (Å²) in [5.41, 5.74) is 1.99. The maximum absolute atomic E-state index is 13.1. The van der Waals surface area contributed by atoms with E-state index in [1.807, 2.05) is 24.3 Å². The Morgan fingerprint density at radius 1 is 1.25 bits per heavy atom. The van der Waals surface area contributed by atoms with E-state index >= 15 is 0 Å². The van der Waals surface area contributed by atoms with Crippen molar-refractivity contribution < 1.29 is 13.9 Å². The number of carbonyl (C=O) groups excluding carboxylic acids is 1. The number of hydrogen-bond acceptors (Lipinski definition) is 3. The van der Waals surface area contributed by atoms with Crippen molar-refractivity contribution in [1.82, 2.24) is 10.6 Å². The first-order valence-electron chi connectivity index (χ1n) is 8.87. The van der Waals surface area contributed by atoms with Crippen LogP contribution in [0.5, 0.6) is 5.75 Å². The Hall–Kier alpha value is -2.36. The second-order valence-electron chi connectivity index (χ2n) is 6.22. The first kappa shape index (κ1) is 21.9. The predicted molar refractivity (Wildman–Crippen MR) is 119 cm³/mol. The number of nitrogens with one attached hydrogen (secondary N) is 3. The number of halogens is 2. The molecule has 2 aromatic rings. The SMILES string of the molecule is CN=C(NCCOc1cccc(F)c1)NCC1CC(=O)Nc2ccccc21.I. The number of benzene rings is 2. The van der Waals surface area contributed by atoms with Crippen molar-refractivity contribution in [2.45, 2.75) is 12.3 Å². The van der Waals surface area contributed by atoms with Crippen molar-refractivity contribution in [2.75, 3.05) is 32.1 Å². The summed E-state index contributed by atoms with van der Waals surface area (Å²) in [5, 5.41) is 9.30. The van der Waals surface area contributed by atoms with Gasteiger partial charge in [0.05, 0.1) is 6.54 Å². The number of hydrogen-bond donors (Lipinski definition) is 3. The number of aliphatic imine (C=N–C) groups is 1. The number of guanidine groups is 1. The summed E-state index contributed by atoms with van der Waals surface area (Å²) in [4.78, 5) is 16.1. The first-order valence-corrected chi connectivity index (χ1v) is 8.87. The summed E-state index contributed by atoms with van der Waals surface area (Å²) in [6.07, 6.45) is 0.434. The van der Waals surface area contributed by atoms with E-state index in [1.165, 1.54) is 12.1 Å². The Morgan fingerprint density at radius 2 is 2.07 bits per heavy atom. The monoisotopic (exact) mass is 498 g/mol. The fraction of sp³-hybridized carbons (Fsp3) is 0.300. The van der Waals surface area contributed by atoms with E-state index in [9.17, 15) is 9.18 Å². The van der Waals surface area contributed by atoms with Crippen molar-refractivity contribution in [3.63, 3.8) is 0 Å². The van der Waals surface area contributed by atoms with Gasteiger partial charge in [-0.1, -0.05) is 24.3 Å². The molecule has 1 atom stereocenters. The molecule has 1 aliphatic heterocycles. The molecule has 8 heteroatoms. The van der Waals surface area contributed by atoms with E-state index in [-0.39, 0.29) is 41.6 Å². The third-order valence-corrected chi connectivity index (χ3v) is 4.31. The summed E-state index contributed by atoms with van der Waals surface area (Å²) in [5.74, 6) is 0.893. The van der Waals surface area contributed by atoms with Gasteiger partial charge in [0.25, 0.3) is 0 Å². The highest BCUT2D eigenvalue weighted by atomic mass is 127. The molecule has 0 saturated heterocycles. The number of nitrogens with zero attached hydrogens (tertiary/aromatic N) is 1. The van der Waals surface area contributed by atoms with Gasteiger partial charge >= 0.3 is 0 Å². The fourth-order valence-electron chi connectivity index (χ4n) is 3.02. The van der Waals surface area contributed by atoms with Gasteiger partial charge in [-0.2, -0.15) is 0 Å². The largest absolute Gasteiger partial charge is 0.492 e. The number of amides is 1. The van der Waals surface area contributed by atoms with Gasteiger partial charge in [0, 0.05) is 37.7 Å². The molecule has 0 aliphatic carbocycles. The zero-order valence-corrected chi connectivity index (χ0v) is 17.9. The fourth-order valence-corrected chi connectivity index (χ4v) is 3.02. The molecule has 1 unspecified atom stereocenters. The highest BCUT2D eigenvalue weighted by Gasteiger charge is 2.24. The van der Waals surface area contributed by atoms with Crippen LogP contribution in [0.15, 0.2) is 53.5 Å². The van der Waals surface area contributed by atoms with E-state index in [2.05, 4.69) is 20.9 Å². The summed E-state index contributed by atoms with van der Waals surface area (Å²) in [6.45, 7) is 1.48. The van der Waals surface area contributed by atoms with Crippen LogP contribution in [0.25, 0.3) is 0 Å². The number of fused-ring (bicyclic) bond motifs is 1. The van der Waals surface area contributed by atoms with Gasteiger partial charge in [0.15, 0.2) is 5.96 Å². The predicted octanol–water partition coefficient (Wildman–Crippen LogP) is 3.11. The number of para-hydroxylation sites is 1. The van der Waals surface area contributed by atoms with E-state index < -0.39 is 0 Å². The molecule has 6 nitrogen and oxygen atoms in total. The quantitative estimate of drug-likeness (QED) is 0.248. The van der Waals surface area contributed by atoms with Crippen LogP contribution in [-0.2, 0) is 4.79 Å². The number of ether oxygens (including phenoxy) is 1. The molecule has 0 bridgehead atoms. The molecule has 1 aliphatic rings. The lowest BCUT2D eigenvalue weighted by Gasteiger charge is -2.26. The third-order valence-electron chi connectivity index (χ3n) is 4.31. The van der Waals surface area contributed by atoms with Crippen LogP contribution in [0.1, 0.15) is 17.9 Å². The smallest absolute Gasteiger partial charge is 0.225 e. The number of rotatable bonds is 6. The van der Waals surface area contributed by atoms with Crippen LogP contribution in [0.2, 0.25) is 0 Å². The molecular weight excluding hydrogens is 474 g/mol.